The number of anilines is 1. The zero-order chi connectivity index (χ0) is 18.8. The maximum atomic E-state index is 13.0. The zero-order valence-corrected chi connectivity index (χ0v) is 16.2. The monoisotopic (exact) mass is 381 g/mol. The summed E-state index contributed by atoms with van der Waals surface area (Å²) in [5.41, 5.74) is 1.79. The molecule has 1 aromatic heterocycles. The normalized spacial score (nSPS) is 17.2. The molecule has 6 heteroatoms. The summed E-state index contributed by atoms with van der Waals surface area (Å²) in [6.07, 6.45) is 1.88. The average Bonchev–Trinajstić information content (AvgIpc) is 3.13. The molecule has 0 saturated carbocycles. The molecule has 4 rings (SSSR count). The van der Waals surface area contributed by atoms with Crippen molar-refractivity contribution in [1.29, 1.82) is 0 Å². The Bertz CT molecular complexity index is 922. The predicted octanol–water partition coefficient (Wildman–Crippen LogP) is 3.88. The van der Waals surface area contributed by atoms with Gasteiger partial charge in [-0.1, -0.05) is 41.7 Å². The Morgan fingerprint density at radius 2 is 2.04 bits per heavy atom. The summed E-state index contributed by atoms with van der Waals surface area (Å²) in [5.74, 6) is 0.322. The molecule has 0 bridgehead atoms. The fraction of sp³-hybridized carbons (Fsp3) is 0.333. The van der Waals surface area contributed by atoms with Crippen LogP contribution in [0.25, 0.3) is 10.2 Å². The van der Waals surface area contributed by atoms with Crippen molar-refractivity contribution in [2.75, 3.05) is 25.0 Å². The van der Waals surface area contributed by atoms with Gasteiger partial charge < -0.3 is 14.9 Å². The van der Waals surface area contributed by atoms with Crippen LogP contribution in [0.15, 0.2) is 48.5 Å². The Hall–Kier alpha value is -2.60. The average molecular weight is 382 g/mol. The first-order valence-corrected chi connectivity index (χ1v) is 10.1. The molecule has 2 heterocycles. The number of amides is 1. The Balaban J connectivity index is 1.45. The highest BCUT2D eigenvalue weighted by Gasteiger charge is 2.29. The number of phenols is 1. The van der Waals surface area contributed by atoms with Gasteiger partial charge in [0.25, 0.3) is 0 Å². The molecule has 1 N–H and O–H groups in total. The largest absolute Gasteiger partial charge is 0.508 e. The van der Waals surface area contributed by atoms with Crippen LogP contribution in [0.4, 0.5) is 5.13 Å². The molecule has 1 atom stereocenters. The minimum absolute atomic E-state index is 0.0402. The number of nitrogens with zero attached hydrogens (tertiary/aromatic N) is 3. The Morgan fingerprint density at radius 3 is 2.85 bits per heavy atom. The van der Waals surface area contributed by atoms with Crippen LogP contribution in [-0.2, 0) is 11.3 Å². The van der Waals surface area contributed by atoms with E-state index in [9.17, 15) is 9.90 Å². The van der Waals surface area contributed by atoms with Crippen molar-refractivity contribution in [2.24, 2.45) is 5.92 Å². The lowest BCUT2D eigenvalue weighted by molar-refractivity contribution is -0.135. The first kappa shape index (κ1) is 17.8. The van der Waals surface area contributed by atoms with Gasteiger partial charge in [0.2, 0.25) is 5.91 Å². The van der Waals surface area contributed by atoms with Crippen LogP contribution in [0.1, 0.15) is 18.4 Å². The van der Waals surface area contributed by atoms with E-state index < -0.39 is 0 Å². The third-order valence-electron chi connectivity index (χ3n) is 5.10. The number of aromatic hydroxyl groups is 1. The minimum atomic E-state index is -0.0402. The van der Waals surface area contributed by atoms with Gasteiger partial charge in [-0.3, -0.25) is 4.79 Å². The number of carbonyl (C=O) groups is 1. The van der Waals surface area contributed by atoms with E-state index in [1.807, 2.05) is 37.4 Å². The smallest absolute Gasteiger partial charge is 0.227 e. The van der Waals surface area contributed by atoms with Gasteiger partial charge in [-0.05, 0) is 31.0 Å². The van der Waals surface area contributed by atoms with Crippen LogP contribution in [0, 0.1) is 5.92 Å². The van der Waals surface area contributed by atoms with E-state index in [4.69, 9.17) is 4.98 Å². The molecular formula is C21H23N3O2S. The fourth-order valence-corrected chi connectivity index (χ4v) is 4.64. The highest BCUT2D eigenvalue weighted by atomic mass is 32.1. The summed E-state index contributed by atoms with van der Waals surface area (Å²) >= 11 is 1.69. The Morgan fingerprint density at radius 1 is 1.26 bits per heavy atom. The SMILES string of the molecule is CN(Cc1ccccc1O)C(=O)[C@@H]1CCCN(c2nc3ccccc3s2)C1. The third-order valence-corrected chi connectivity index (χ3v) is 6.20. The van der Waals surface area contributed by atoms with Crippen LogP contribution in [0.5, 0.6) is 5.75 Å². The van der Waals surface area contributed by atoms with Gasteiger partial charge in [0.15, 0.2) is 5.13 Å². The maximum Gasteiger partial charge on any atom is 0.227 e. The summed E-state index contributed by atoms with van der Waals surface area (Å²) < 4.78 is 1.18. The quantitative estimate of drug-likeness (QED) is 0.745. The fourth-order valence-electron chi connectivity index (χ4n) is 3.64. The summed E-state index contributed by atoms with van der Waals surface area (Å²) in [6, 6.07) is 15.3. The predicted molar refractivity (Wildman–Crippen MR) is 109 cm³/mol. The number of piperidine rings is 1. The molecule has 1 saturated heterocycles. The van der Waals surface area contributed by atoms with Gasteiger partial charge in [-0.15, -0.1) is 0 Å². The number of thiazole rings is 1. The van der Waals surface area contributed by atoms with E-state index in [1.54, 1.807) is 28.4 Å². The molecule has 140 valence electrons. The third kappa shape index (κ3) is 3.76. The maximum absolute atomic E-state index is 13.0. The number of aromatic nitrogens is 1. The van der Waals surface area contributed by atoms with Crippen LogP contribution in [0.2, 0.25) is 0 Å². The minimum Gasteiger partial charge on any atom is -0.508 e. The molecule has 1 aliphatic heterocycles. The number of para-hydroxylation sites is 2. The highest BCUT2D eigenvalue weighted by Crippen LogP contribution is 2.32. The van der Waals surface area contributed by atoms with Crippen molar-refractivity contribution in [3.8, 4) is 5.75 Å². The zero-order valence-electron chi connectivity index (χ0n) is 15.3. The molecule has 1 amide bonds. The molecule has 27 heavy (non-hydrogen) atoms. The number of fused-ring (bicyclic) bond motifs is 1. The standard InChI is InChI=1S/C21H23N3O2S/c1-23(13-15-7-2-4-10-18(15)25)20(26)16-8-6-12-24(14-16)21-22-17-9-3-5-11-19(17)27-21/h2-5,7,9-11,16,25H,6,8,12-14H2,1H3/t16-/m1/s1. The molecule has 0 radical (unpaired) electrons. The number of benzene rings is 2. The topological polar surface area (TPSA) is 56.7 Å². The first-order chi connectivity index (χ1) is 13.1. The molecular weight excluding hydrogens is 358 g/mol. The van der Waals surface area contributed by atoms with Gasteiger partial charge in [-0.25, -0.2) is 4.98 Å². The molecule has 0 spiro atoms. The van der Waals surface area contributed by atoms with E-state index >= 15 is 0 Å². The first-order valence-electron chi connectivity index (χ1n) is 9.24. The lowest BCUT2D eigenvalue weighted by Gasteiger charge is -2.33. The molecule has 1 aliphatic rings. The van der Waals surface area contributed by atoms with E-state index in [1.165, 1.54) is 4.70 Å². The van der Waals surface area contributed by atoms with Crippen molar-refractivity contribution in [3.05, 3.63) is 54.1 Å². The van der Waals surface area contributed by atoms with Gasteiger partial charge in [0.1, 0.15) is 5.75 Å². The van der Waals surface area contributed by atoms with Gasteiger partial charge in [0, 0.05) is 32.2 Å². The molecule has 2 aromatic carbocycles. The summed E-state index contributed by atoms with van der Waals surface area (Å²) in [7, 11) is 1.81. The number of hydrogen-bond acceptors (Lipinski definition) is 5. The highest BCUT2D eigenvalue weighted by molar-refractivity contribution is 7.22. The summed E-state index contributed by atoms with van der Waals surface area (Å²) in [5, 5.41) is 11.0. The van der Waals surface area contributed by atoms with Crippen LogP contribution in [-0.4, -0.2) is 41.0 Å². The van der Waals surface area contributed by atoms with Crippen molar-refractivity contribution in [3.63, 3.8) is 0 Å². The number of carbonyl (C=O) groups excluding carboxylic acids is 1. The van der Waals surface area contributed by atoms with Crippen LogP contribution >= 0.6 is 11.3 Å². The lowest BCUT2D eigenvalue weighted by atomic mass is 9.97. The van der Waals surface area contributed by atoms with Crippen molar-refractivity contribution in [2.45, 2.75) is 19.4 Å². The van der Waals surface area contributed by atoms with Gasteiger partial charge >= 0.3 is 0 Å². The van der Waals surface area contributed by atoms with E-state index in [2.05, 4.69) is 11.0 Å². The van der Waals surface area contributed by atoms with E-state index in [-0.39, 0.29) is 17.6 Å². The number of phenolic OH excluding ortho intramolecular Hbond substituents is 1. The van der Waals surface area contributed by atoms with Crippen LogP contribution in [0.3, 0.4) is 0 Å². The van der Waals surface area contributed by atoms with Crippen LogP contribution < -0.4 is 4.90 Å². The molecule has 5 nitrogen and oxygen atoms in total. The molecule has 0 unspecified atom stereocenters. The second-order valence-corrected chi connectivity index (χ2v) is 8.08. The lowest BCUT2D eigenvalue weighted by Crippen LogP contribution is -2.43. The summed E-state index contributed by atoms with van der Waals surface area (Å²) in [4.78, 5) is 21.7. The Labute approximate surface area is 162 Å². The Kier molecular flexibility index (Phi) is 4.99. The molecule has 3 aromatic rings. The van der Waals surface area contributed by atoms with Crippen molar-refractivity contribution >= 4 is 32.6 Å². The second kappa shape index (κ2) is 7.56. The van der Waals surface area contributed by atoms with Gasteiger partial charge in [-0.2, -0.15) is 0 Å². The number of rotatable bonds is 4. The molecule has 0 aliphatic carbocycles. The van der Waals surface area contributed by atoms with Crippen molar-refractivity contribution in [1.82, 2.24) is 9.88 Å². The van der Waals surface area contributed by atoms with E-state index in [0.29, 0.717) is 13.1 Å². The molecule has 1 fully saturated rings. The second-order valence-electron chi connectivity index (χ2n) is 7.07. The van der Waals surface area contributed by atoms with Gasteiger partial charge in [0.05, 0.1) is 16.1 Å². The summed E-state index contributed by atoms with van der Waals surface area (Å²) in [6.45, 7) is 2.06. The van der Waals surface area contributed by atoms with E-state index in [0.717, 1.165) is 35.6 Å². The van der Waals surface area contributed by atoms with Crippen molar-refractivity contribution < 1.29 is 9.90 Å². The number of hydrogen-bond donors (Lipinski definition) is 1.